The molecule has 0 amide bonds. The fraction of sp³-hybridized carbons (Fsp3) is 0. The molecular formula is C10H5N3S. The molecule has 0 saturated carbocycles. The number of nitrogen functional groups attached to an aromatic ring is 1. The summed E-state index contributed by atoms with van der Waals surface area (Å²) in [5.41, 5.74) is 6.69. The molecule has 2 rings (SSSR count). The lowest BCUT2D eigenvalue weighted by Gasteiger charge is -1.97. The molecule has 0 unspecified atom stereocenters. The first-order chi connectivity index (χ1) is 6.76. The molecule has 2 N–H and O–H groups in total. The number of hydrogen-bond acceptors (Lipinski definition) is 4. The number of hydrogen-bond donors (Lipinski definition) is 1. The van der Waals surface area contributed by atoms with Gasteiger partial charge >= 0.3 is 0 Å². The summed E-state index contributed by atoms with van der Waals surface area (Å²) >= 11 is 1.38. The Balaban J connectivity index is 2.85. The second kappa shape index (κ2) is 3.02. The SMILES string of the molecule is N#Cc1cc2c(N)c(C#N)ccc2s1. The molecular weight excluding hydrogens is 194 g/mol. The van der Waals surface area contributed by atoms with Crippen molar-refractivity contribution in [3.05, 3.63) is 28.6 Å². The summed E-state index contributed by atoms with van der Waals surface area (Å²) in [6, 6.07) is 9.28. The Morgan fingerprint density at radius 3 is 2.64 bits per heavy atom. The standard InChI is InChI=1S/C10H5N3S/c11-4-6-1-2-9-8(10(6)13)3-7(5-12)14-9/h1-3H,13H2. The van der Waals surface area contributed by atoms with Crippen LogP contribution >= 0.6 is 11.3 Å². The van der Waals surface area contributed by atoms with Crippen LogP contribution in [-0.2, 0) is 0 Å². The number of nitriles is 2. The van der Waals surface area contributed by atoms with Crippen LogP contribution in [0.1, 0.15) is 10.4 Å². The molecule has 0 saturated heterocycles. The Morgan fingerprint density at radius 1 is 1.21 bits per heavy atom. The highest BCUT2D eigenvalue weighted by atomic mass is 32.1. The van der Waals surface area contributed by atoms with E-state index in [1.807, 2.05) is 12.1 Å². The fourth-order valence-corrected chi connectivity index (χ4v) is 2.16. The van der Waals surface area contributed by atoms with Gasteiger partial charge in [-0.2, -0.15) is 10.5 Å². The maximum atomic E-state index is 8.75. The lowest BCUT2D eigenvalue weighted by molar-refractivity contribution is 1.50. The van der Waals surface area contributed by atoms with Gasteiger partial charge in [-0.3, -0.25) is 0 Å². The number of thiophene rings is 1. The predicted molar refractivity (Wildman–Crippen MR) is 55.7 cm³/mol. The molecule has 2 aromatic rings. The van der Waals surface area contributed by atoms with Gasteiger partial charge in [0.2, 0.25) is 0 Å². The van der Waals surface area contributed by atoms with Gasteiger partial charge < -0.3 is 5.73 Å². The van der Waals surface area contributed by atoms with Crippen molar-refractivity contribution in [2.45, 2.75) is 0 Å². The van der Waals surface area contributed by atoms with Crippen LogP contribution in [0.2, 0.25) is 0 Å². The lowest BCUT2D eigenvalue weighted by Crippen LogP contribution is -1.89. The number of rotatable bonds is 0. The van der Waals surface area contributed by atoms with Crippen LogP contribution in [0.25, 0.3) is 10.1 Å². The monoisotopic (exact) mass is 199 g/mol. The molecule has 14 heavy (non-hydrogen) atoms. The van der Waals surface area contributed by atoms with E-state index in [1.54, 1.807) is 12.1 Å². The Morgan fingerprint density at radius 2 is 2.00 bits per heavy atom. The number of nitrogens with two attached hydrogens (primary N) is 1. The molecule has 0 fully saturated rings. The number of benzene rings is 1. The Bertz CT molecular complexity index is 584. The fourth-order valence-electron chi connectivity index (χ4n) is 1.29. The maximum Gasteiger partial charge on any atom is 0.110 e. The van der Waals surface area contributed by atoms with Crippen LogP contribution in [0, 0.1) is 22.7 Å². The van der Waals surface area contributed by atoms with Gasteiger partial charge in [-0.15, -0.1) is 11.3 Å². The second-order valence-corrected chi connectivity index (χ2v) is 3.86. The molecule has 0 aliphatic rings. The molecule has 3 nitrogen and oxygen atoms in total. The van der Waals surface area contributed by atoms with Crippen LogP contribution in [-0.4, -0.2) is 0 Å². The van der Waals surface area contributed by atoms with Gasteiger partial charge in [0, 0.05) is 10.1 Å². The van der Waals surface area contributed by atoms with Crippen molar-refractivity contribution in [1.82, 2.24) is 0 Å². The van der Waals surface area contributed by atoms with E-state index >= 15 is 0 Å². The summed E-state index contributed by atoms with van der Waals surface area (Å²) in [5, 5.41) is 18.3. The maximum absolute atomic E-state index is 8.75. The number of fused-ring (bicyclic) bond motifs is 1. The van der Waals surface area contributed by atoms with E-state index in [9.17, 15) is 0 Å². The van der Waals surface area contributed by atoms with Crippen LogP contribution < -0.4 is 5.73 Å². The van der Waals surface area contributed by atoms with Crippen LogP contribution in [0.15, 0.2) is 18.2 Å². The molecule has 66 valence electrons. The van der Waals surface area contributed by atoms with Crippen LogP contribution in [0.4, 0.5) is 5.69 Å². The van der Waals surface area contributed by atoms with Crippen molar-refractivity contribution in [3.8, 4) is 12.1 Å². The first-order valence-corrected chi connectivity index (χ1v) is 4.70. The summed E-state index contributed by atoms with van der Waals surface area (Å²) in [4.78, 5) is 0.613. The summed E-state index contributed by atoms with van der Waals surface area (Å²) in [6.07, 6.45) is 0. The van der Waals surface area contributed by atoms with Gasteiger partial charge in [0.05, 0.1) is 11.3 Å². The zero-order valence-corrected chi connectivity index (χ0v) is 7.93. The minimum atomic E-state index is 0.458. The second-order valence-electron chi connectivity index (χ2n) is 2.77. The smallest absolute Gasteiger partial charge is 0.110 e. The van der Waals surface area contributed by atoms with Crippen molar-refractivity contribution in [2.75, 3.05) is 5.73 Å². The molecule has 0 radical (unpaired) electrons. The Hall–Kier alpha value is -2.04. The van der Waals surface area contributed by atoms with Crippen LogP contribution in [0.5, 0.6) is 0 Å². The van der Waals surface area contributed by atoms with E-state index in [0.29, 0.717) is 16.1 Å². The van der Waals surface area contributed by atoms with Gasteiger partial charge in [-0.05, 0) is 18.2 Å². The quantitative estimate of drug-likeness (QED) is 0.661. The predicted octanol–water partition coefficient (Wildman–Crippen LogP) is 2.23. The van der Waals surface area contributed by atoms with Crippen LogP contribution in [0.3, 0.4) is 0 Å². The molecule has 4 heteroatoms. The molecule has 1 heterocycles. The highest BCUT2D eigenvalue weighted by Crippen LogP contribution is 2.31. The average Bonchev–Trinajstić information content (AvgIpc) is 2.62. The molecule has 0 spiro atoms. The number of anilines is 1. The van der Waals surface area contributed by atoms with Gasteiger partial charge in [-0.1, -0.05) is 0 Å². The van der Waals surface area contributed by atoms with Crippen molar-refractivity contribution >= 4 is 27.1 Å². The van der Waals surface area contributed by atoms with E-state index in [0.717, 1.165) is 10.1 Å². The van der Waals surface area contributed by atoms with Gasteiger partial charge in [0.25, 0.3) is 0 Å². The molecule has 1 aromatic carbocycles. The summed E-state index contributed by atoms with van der Waals surface area (Å²) in [7, 11) is 0. The molecule has 1 aromatic heterocycles. The Kier molecular flexibility index (Phi) is 1.85. The van der Waals surface area contributed by atoms with Gasteiger partial charge in [0.15, 0.2) is 0 Å². The first kappa shape index (κ1) is 8.55. The van der Waals surface area contributed by atoms with E-state index in [1.165, 1.54) is 11.3 Å². The number of nitrogens with zero attached hydrogens (tertiary/aromatic N) is 2. The third-order valence-electron chi connectivity index (χ3n) is 1.97. The lowest BCUT2D eigenvalue weighted by atomic mass is 10.1. The molecule has 0 aliphatic carbocycles. The minimum Gasteiger partial charge on any atom is -0.397 e. The largest absolute Gasteiger partial charge is 0.397 e. The molecule has 0 bridgehead atoms. The van der Waals surface area contributed by atoms with E-state index in [-0.39, 0.29) is 0 Å². The van der Waals surface area contributed by atoms with Crippen molar-refractivity contribution in [1.29, 1.82) is 10.5 Å². The van der Waals surface area contributed by atoms with E-state index < -0.39 is 0 Å². The van der Waals surface area contributed by atoms with Gasteiger partial charge in [-0.25, -0.2) is 0 Å². The van der Waals surface area contributed by atoms with Crippen molar-refractivity contribution in [3.63, 3.8) is 0 Å². The highest BCUT2D eigenvalue weighted by Gasteiger charge is 2.07. The molecule has 0 aliphatic heterocycles. The molecule has 0 atom stereocenters. The summed E-state index contributed by atoms with van der Waals surface area (Å²) in [6.45, 7) is 0. The van der Waals surface area contributed by atoms with E-state index in [4.69, 9.17) is 16.3 Å². The van der Waals surface area contributed by atoms with E-state index in [2.05, 4.69) is 6.07 Å². The average molecular weight is 199 g/mol. The normalized spacial score (nSPS) is 9.57. The summed E-state index contributed by atoms with van der Waals surface area (Å²) < 4.78 is 0.943. The van der Waals surface area contributed by atoms with Crippen molar-refractivity contribution in [2.24, 2.45) is 0 Å². The highest BCUT2D eigenvalue weighted by molar-refractivity contribution is 7.19. The minimum absolute atomic E-state index is 0.458. The first-order valence-electron chi connectivity index (χ1n) is 3.88. The van der Waals surface area contributed by atoms with Crippen molar-refractivity contribution < 1.29 is 0 Å². The third kappa shape index (κ3) is 1.10. The zero-order valence-electron chi connectivity index (χ0n) is 7.11. The summed E-state index contributed by atoms with van der Waals surface area (Å²) in [5.74, 6) is 0. The topological polar surface area (TPSA) is 73.6 Å². The Labute approximate surface area is 84.6 Å². The van der Waals surface area contributed by atoms with Gasteiger partial charge in [0.1, 0.15) is 17.0 Å². The zero-order chi connectivity index (χ0) is 10.1. The third-order valence-corrected chi connectivity index (χ3v) is 2.98.